The van der Waals surface area contributed by atoms with Gasteiger partial charge in [-0.3, -0.25) is 4.79 Å². The van der Waals surface area contributed by atoms with Gasteiger partial charge in [0.05, 0.1) is 30.8 Å². The predicted octanol–water partition coefficient (Wildman–Crippen LogP) is 2.10. The van der Waals surface area contributed by atoms with E-state index in [1.54, 1.807) is 12.1 Å². The molecule has 0 aliphatic carbocycles. The number of H-pyrrole nitrogens is 1. The van der Waals surface area contributed by atoms with Crippen LogP contribution in [0.5, 0.6) is 11.5 Å². The summed E-state index contributed by atoms with van der Waals surface area (Å²) < 4.78 is 15.4. The lowest BCUT2D eigenvalue weighted by Crippen LogP contribution is -2.30. The number of rotatable bonds is 8. The Morgan fingerprint density at radius 2 is 1.93 bits per heavy atom. The van der Waals surface area contributed by atoms with Crippen LogP contribution in [0.1, 0.15) is 16.2 Å². The number of nitrogens with one attached hydrogen (secondary N) is 2. The Labute approximate surface area is 161 Å². The molecule has 0 unspecified atom stereocenters. The predicted molar refractivity (Wildman–Crippen MR) is 103 cm³/mol. The van der Waals surface area contributed by atoms with E-state index in [1.165, 1.54) is 20.3 Å². The number of aromatic amines is 1. The maximum absolute atomic E-state index is 12.0. The number of imidazole rings is 1. The van der Waals surface area contributed by atoms with Gasteiger partial charge < -0.3 is 24.5 Å². The molecule has 1 amide bonds. The van der Waals surface area contributed by atoms with Crippen LogP contribution in [0.2, 0.25) is 0 Å². The number of esters is 1. The molecule has 28 heavy (non-hydrogen) atoms. The summed E-state index contributed by atoms with van der Waals surface area (Å²) in [5.41, 5.74) is 2.20. The number of methoxy groups -OCH3 is 2. The van der Waals surface area contributed by atoms with E-state index in [1.807, 2.05) is 24.3 Å². The topological polar surface area (TPSA) is 103 Å². The highest BCUT2D eigenvalue weighted by atomic mass is 16.5. The molecule has 3 rings (SSSR count). The van der Waals surface area contributed by atoms with Gasteiger partial charge in [-0.2, -0.15) is 0 Å². The van der Waals surface area contributed by atoms with E-state index >= 15 is 0 Å². The van der Waals surface area contributed by atoms with Crippen LogP contribution in [0.4, 0.5) is 0 Å². The summed E-state index contributed by atoms with van der Waals surface area (Å²) in [5, 5.41) is 2.78. The fourth-order valence-electron chi connectivity index (χ4n) is 2.67. The van der Waals surface area contributed by atoms with Crippen LogP contribution in [-0.2, 0) is 16.0 Å². The Morgan fingerprint density at radius 3 is 2.68 bits per heavy atom. The van der Waals surface area contributed by atoms with E-state index < -0.39 is 5.97 Å². The summed E-state index contributed by atoms with van der Waals surface area (Å²) in [5.74, 6) is 0.770. The molecule has 0 fully saturated rings. The van der Waals surface area contributed by atoms with Crippen LogP contribution in [-0.4, -0.2) is 49.2 Å². The van der Waals surface area contributed by atoms with Gasteiger partial charge in [-0.05, 0) is 30.3 Å². The summed E-state index contributed by atoms with van der Waals surface area (Å²) in [6, 6.07) is 12.4. The average molecular weight is 383 g/mol. The zero-order chi connectivity index (χ0) is 19.9. The molecule has 0 atom stereocenters. The zero-order valence-corrected chi connectivity index (χ0v) is 15.7. The third-order valence-electron chi connectivity index (χ3n) is 4.07. The highest BCUT2D eigenvalue weighted by Crippen LogP contribution is 2.28. The molecule has 0 saturated heterocycles. The number of nitrogens with zero attached hydrogens (tertiary/aromatic N) is 1. The van der Waals surface area contributed by atoms with Crippen molar-refractivity contribution in [2.24, 2.45) is 0 Å². The molecule has 1 heterocycles. The monoisotopic (exact) mass is 383 g/mol. The maximum Gasteiger partial charge on any atom is 0.337 e. The lowest BCUT2D eigenvalue weighted by atomic mass is 10.2. The molecule has 2 aromatic carbocycles. The van der Waals surface area contributed by atoms with Crippen molar-refractivity contribution < 1.29 is 23.8 Å². The standard InChI is InChI=1S/C20H21N3O5/c1-26-17-11-13(20(25)27-2)7-8-16(17)28-12-19(24)21-10-9-18-22-14-5-3-4-6-15(14)23-18/h3-8,11H,9-10,12H2,1-2H3,(H,21,24)(H,22,23). The average Bonchev–Trinajstić information content (AvgIpc) is 3.14. The first kappa shape index (κ1) is 19.2. The summed E-state index contributed by atoms with van der Waals surface area (Å²) in [7, 11) is 2.76. The first-order chi connectivity index (χ1) is 13.6. The van der Waals surface area contributed by atoms with E-state index in [2.05, 4.69) is 20.0 Å². The quantitative estimate of drug-likeness (QED) is 0.578. The fraction of sp³-hybridized carbons (Fsp3) is 0.250. The molecule has 146 valence electrons. The molecule has 2 N–H and O–H groups in total. The minimum absolute atomic E-state index is 0.173. The second-order valence-electron chi connectivity index (χ2n) is 5.95. The second-order valence-corrected chi connectivity index (χ2v) is 5.95. The summed E-state index contributed by atoms with van der Waals surface area (Å²) >= 11 is 0. The van der Waals surface area contributed by atoms with E-state index in [4.69, 9.17) is 9.47 Å². The number of hydrogen-bond acceptors (Lipinski definition) is 6. The summed E-state index contributed by atoms with van der Waals surface area (Å²) in [6.45, 7) is 0.258. The number of carbonyl (C=O) groups is 2. The van der Waals surface area contributed by atoms with Crippen molar-refractivity contribution in [3.05, 3.63) is 53.9 Å². The molecule has 1 aromatic heterocycles. The number of benzene rings is 2. The largest absolute Gasteiger partial charge is 0.493 e. The lowest BCUT2D eigenvalue weighted by molar-refractivity contribution is -0.123. The minimum atomic E-state index is -0.479. The van der Waals surface area contributed by atoms with Crippen molar-refractivity contribution >= 4 is 22.9 Å². The number of para-hydroxylation sites is 2. The van der Waals surface area contributed by atoms with Gasteiger partial charge >= 0.3 is 5.97 Å². The van der Waals surface area contributed by atoms with Crippen LogP contribution in [0.25, 0.3) is 11.0 Å². The van der Waals surface area contributed by atoms with E-state index in [0.29, 0.717) is 30.0 Å². The van der Waals surface area contributed by atoms with Gasteiger partial charge in [-0.15, -0.1) is 0 Å². The van der Waals surface area contributed by atoms with Gasteiger partial charge in [0.25, 0.3) is 5.91 Å². The summed E-state index contributed by atoms with van der Waals surface area (Å²) in [4.78, 5) is 31.3. The van der Waals surface area contributed by atoms with Gasteiger partial charge in [-0.1, -0.05) is 12.1 Å². The number of aromatic nitrogens is 2. The molecular formula is C20H21N3O5. The van der Waals surface area contributed by atoms with Gasteiger partial charge in [0.1, 0.15) is 5.82 Å². The van der Waals surface area contributed by atoms with E-state index in [0.717, 1.165) is 16.9 Å². The smallest absolute Gasteiger partial charge is 0.337 e. The van der Waals surface area contributed by atoms with Crippen molar-refractivity contribution in [1.82, 2.24) is 15.3 Å². The van der Waals surface area contributed by atoms with Gasteiger partial charge in [0, 0.05) is 13.0 Å². The third kappa shape index (κ3) is 4.59. The molecule has 8 heteroatoms. The van der Waals surface area contributed by atoms with Crippen molar-refractivity contribution in [2.75, 3.05) is 27.4 Å². The molecule has 0 aliphatic heterocycles. The Bertz CT molecular complexity index is 950. The minimum Gasteiger partial charge on any atom is -0.493 e. The molecule has 0 spiro atoms. The highest BCUT2D eigenvalue weighted by molar-refractivity contribution is 5.90. The summed E-state index contributed by atoms with van der Waals surface area (Å²) in [6.07, 6.45) is 0.581. The second kappa shape index (κ2) is 8.90. The van der Waals surface area contributed by atoms with Crippen molar-refractivity contribution in [2.45, 2.75) is 6.42 Å². The van der Waals surface area contributed by atoms with Crippen molar-refractivity contribution in [1.29, 1.82) is 0 Å². The highest BCUT2D eigenvalue weighted by Gasteiger charge is 2.12. The van der Waals surface area contributed by atoms with E-state index in [-0.39, 0.29) is 12.5 Å². The van der Waals surface area contributed by atoms with Gasteiger partial charge in [0.2, 0.25) is 0 Å². The van der Waals surface area contributed by atoms with Crippen LogP contribution < -0.4 is 14.8 Å². The van der Waals surface area contributed by atoms with Crippen molar-refractivity contribution in [3.63, 3.8) is 0 Å². The molecule has 0 radical (unpaired) electrons. The fourth-order valence-corrected chi connectivity index (χ4v) is 2.67. The molecule has 3 aromatic rings. The Kier molecular flexibility index (Phi) is 6.11. The van der Waals surface area contributed by atoms with Gasteiger partial charge in [0.15, 0.2) is 18.1 Å². The third-order valence-corrected chi connectivity index (χ3v) is 4.07. The lowest BCUT2D eigenvalue weighted by Gasteiger charge is -2.11. The van der Waals surface area contributed by atoms with Crippen LogP contribution in [0, 0.1) is 0 Å². The number of ether oxygens (including phenoxy) is 3. The number of fused-ring (bicyclic) bond motifs is 1. The number of hydrogen-bond donors (Lipinski definition) is 2. The first-order valence-electron chi connectivity index (χ1n) is 8.70. The zero-order valence-electron chi connectivity index (χ0n) is 15.7. The Balaban J connectivity index is 1.49. The van der Waals surface area contributed by atoms with E-state index in [9.17, 15) is 9.59 Å². The molecule has 0 aliphatic rings. The normalized spacial score (nSPS) is 10.5. The SMILES string of the molecule is COC(=O)c1ccc(OCC(=O)NCCc2nc3ccccc3[nH]2)c(OC)c1. The first-order valence-corrected chi connectivity index (χ1v) is 8.70. The molecular weight excluding hydrogens is 362 g/mol. The number of amides is 1. The van der Waals surface area contributed by atoms with Crippen LogP contribution in [0.15, 0.2) is 42.5 Å². The molecule has 0 bridgehead atoms. The number of carbonyl (C=O) groups excluding carboxylic acids is 2. The maximum atomic E-state index is 12.0. The molecule has 8 nitrogen and oxygen atoms in total. The Hall–Kier alpha value is -3.55. The Morgan fingerprint density at radius 1 is 1.11 bits per heavy atom. The van der Waals surface area contributed by atoms with Gasteiger partial charge in [-0.25, -0.2) is 9.78 Å². The van der Waals surface area contributed by atoms with Crippen LogP contribution in [0.3, 0.4) is 0 Å². The molecule has 0 saturated carbocycles. The van der Waals surface area contributed by atoms with Crippen molar-refractivity contribution in [3.8, 4) is 11.5 Å². The van der Waals surface area contributed by atoms with Crippen LogP contribution >= 0.6 is 0 Å².